The molecule has 2 N–H and O–H groups in total. The van der Waals surface area contributed by atoms with Gasteiger partial charge in [-0.05, 0) is 42.7 Å². The average molecular weight is 526 g/mol. The maximum Gasteiger partial charge on any atom is 0.313 e. The summed E-state index contributed by atoms with van der Waals surface area (Å²) in [7, 11) is 0. The molecule has 1 aliphatic rings. The van der Waals surface area contributed by atoms with E-state index in [1.54, 1.807) is 19.1 Å². The molecular formula is C29H35NO8. The first-order valence-corrected chi connectivity index (χ1v) is 12.8. The molecule has 2 aromatic rings. The second kappa shape index (κ2) is 12.1. The monoisotopic (exact) mass is 525 g/mol. The summed E-state index contributed by atoms with van der Waals surface area (Å²) in [6, 6.07) is 16.6. The Morgan fingerprint density at radius 3 is 2.18 bits per heavy atom. The predicted molar refractivity (Wildman–Crippen MR) is 138 cm³/mol. The molecule has 0 saturated heterocycles. The van der Waals surface area contributed by atoms with Crippen molar-refractivity contribution in [1.29, 1.82) is 0 Å². The number of carbonyl (C=O) groups excluding carboxylic acids is 3. The smallest absolute Gasteiger partial charge is 0.313 e. The van der Waals surface area contributed by atoms with Gasteiger partial charge in [-0.2, -0.15) is 0 Å². The van der Waals surface area contributed by atoms with Crippen LogP contribution >= 0.6 is 0 Å². The fraction of sp³-hybridized carbons (Fsp3) is 0.448. The van der Waals surface area contributed by atoms with Gasteiger partial charge < -0.3 is 24.6 Å². The van der Waals surface area contributed by atoms with Gasteiger partial charge >= 0.3 is 17.9 Å². The number of ether oxygens (including phenoxy) is 3. The first-order chi connectivity index (χ1) is 18.0. The molecule has 0 heterocycles. The molecule has 1 fully saturated rings. The van der Waals surface area contributed by atoms with Crippen molar-refractivity contribution in [1.82, 2.24) is 5.32 Å². The highest BCUT2D eigenvalue weighted by atomic mass is 16.7. The molecule has 0 radical (unpaired) electrons. The minimum atomic E-state index is -1.55. The molecule has 0 aromatic heterocycles. The van der Waals surface area contributed by atoms with Crippen LogP contribution in [-0.4, -0.2) is 34.7 Å². The van der Waals surface area contributed by atoms with E-state index in [1.807, 2.05) is 49.4 Å². The number of rotatable bonds is 12. The summed E-state index contributed by atoms with van der Waals surface area (Å²) in [5.74, 6) is -5.50. The number of carboxylic acids is 1. The number of para-hydroxylation sites is 1. The fourth-order valence-corrected chi connectivity index (χ4v) is 4.88. The lowest BCUT2D eigenvalue weighted by molar-refractivity contribution is -0.228. The minimum absolute atomic E-state index is 0.0319. The van der Waals surface area contributed by atoms with Crippen molar-refractivity contribution in [2.75, 3.05) is 0 Å². The van der Waals surface area contributed by atoms with E-state index in [9.17, 15) is 24.3 Å². The van der Waals surface area contributed by atoms with E-state index in [0.29, 0.717) is 24.3 Å². The third kappa shape index (κ3) is 6.70. The molecule has 3 rings (SSSR count). The largest absolute Gasteiger partial charge is 0.481 e. The van der Waals surface area contributed by atoms with E-state index in [0.717, 1.165) is 5.56 Å². The Bertz CT molecular complexity index is 1140. The van der Waals surface area contributed by atoms with E-state index in [4.69, 9.17) is 14.2 Å². The van der Waals surface area contributed by atoms with Crippen LogP contribution in [0.3, 0.4) is 0 Å². The quantitative estimate of drug-likeness (QED) is 0.298. The molecule has 204 valence electrons. The number of benzene rings is 2. The van der Waals surface area contributed by atoms with Crippen molar-refractivity contribution in [3.8, 4) is 11.5 Å². The first kappa shape index (κ1) is 28.7. The van der Waals surface area contributed by atoms with Crippen LogP contribution in [0.4, 0.5) is 0 Å². The van der Waals surface area contributed by atoms with Crippen LogP contribution in [0.5, 0.6) is 11.5 Å². The molecule has 1 saturated carbocycles. The number of hydrogen-bond acceptors (Lipinski definition) is 7. The zero-order valence-corrected chi connectivity index (χ0v) is 22.2. The molecule has 0 aliphatic heterocycles. The van der Waals surface area contributed by atoms with Crippen LogP contribution in [0.25, 0.3) is 0 Å². The van der Waals surface area contributed by atoms with Gasteiger partial charge in [-0.15, -0.1) is 0 Å². The van der Waals surface area contributed by atoms with Gasteiger partial charge in [-0.1, -0.05) is 50.6 Å². The second-order valence-corrected chi connectivity index (χ2v) is 9.92. The summed E-state index contributed by atoms with van der Waals surface area (Å²) in [6.07, 6.45) is 0.997. The van der Waals surface area contributed by atoms with Crippen LogP contribution in [0, 0.1) is 17.3 Å². The number of amides is 1. The molecule has 1 amide bonds. The SMILES string of the molecule is CCCC1(C(=O)NCc2ccc(Oc3ccccc3)cc2)CC(C(=O)OC(C)(C)OC(=O)CC)C1C(=O)O. The Balaban J connectivity index is 1.66. The average Bonchev–Trinajstić information content (AvgIpc) is 2.85. The molecule has 0 spiro atoms. The maximum absolute atomic E-state index is 13.4. The zero-order chi connectivity index (χ0) is 27.9. The Morgan fingerprint density at radius 2 is 1.61 bits per heavy atom. The van der Waals surface area contributed by atoms with Gasteiger partial charge in [0.1, 0.15) is 11.5 Å². The van der Waals surface area contributed by atoms with Crippen LogP contribution in [0.2, 0.25) is 0 Å². The summed E-state index contributed by atoms with van der Waals surface area (Å²) >= 11 is 0. The minimum Gasteiger partial charge on any atom is -0.481 e. The number of aliphatic carboxylic acids is 1. The van der Waals surface area contributed by atoms with Crippen molar-refractivity contribution in [2.24, 2.45) is 17.3 Å². The summed E-state index contributed by atoms with van der Waals surface area (Å²) in [5.41, 5.74) is -0.433. The van der Waals surface area contributed by atoms with Crippen molar-refractivity contribution >= 4 is 23.8 Å². The van der Waals surface area contributed by atoms with E-state index < -0.39 is 46.9 Å². The molecule has 9 nitrogen and oxygen atoms in total. The Morgan fingerprint density at radius 1 is 0.974 bits per heavy atom. The van der Waals surface area contributed by atoms with Crippen LogP contribution < -0.4 is 10.1 Å². The van der Waals surface area contributed by atoms with Gasteiger partial charge in [-0.25, -0.2) is 0 Å². The van der Waals surface area contributed by atoms with E-state index >= 15 is 0 Å². The Hall–Kier alpha value is -3.88. The second-order valence-electron chi connectivity index (χ2n) is 9.92. The van der Waals surface area contributed by atoms with E-state index in [2.05, 4.69) is 5.32 Å². The van der Waals surface area contributed by atoms with E-state index in [1.165, 1.54) is 13.8 Å². The van der Waals surface area contributed by atoms with E-state index in [-0.39, 0.29) is 19.4 Å². The first-order valence-electron chi connectivity index (χ1n) is 12.8. The molecular weight excluding hydrogens is 490 g/mol. The van der Waals surface area contributed by atoms with Gasteiger partial charge in [0.05, 0.1) is 17.3 Å². The Labute approximate surface area is 222 Å². The van der Waals surface area contributed by atoms with Gasteiger partial charge in [-0.3, -0.25) is 19.2 Å². The maximum atomic E-state index is 13.4. The summed E-state index contributed by atoms with van der Waals surface area (Å²) in [6.45, 7) is 6.48. The van der Waals surface area contributed by atoms with Gasteiger partial charge in [0.2, 0.25) is 5.91 Å². The molecule has 1 aliphatic carbocycles. The van der Waals surface area contributed by atoms with Gasteiger partial charge in [0, 0.05) is 26.8 Å². The van der Waals surface area contributed by atoms with Gasteiger partial charge in [0.25, 0.3) is 5.79 Å². The highest BCUT2D eigenvalue weighted by Crippen LogP contribution is 2.55. The third-order valence-corrected chi connectivity index (χ3v) is 6.65. The lowest BCUT2D eigenvalue weighted by Gasteiger charge is -2.50. The molecule has 3 unspecified atom stereocenters. The summed E-state index contributed by atoms with van der Waals surface area (Å²) < 4.78 is 16.3. The Kier molecular flexibility index (Phi) is 9.14. The number of nitrogens with one attached hydrogen (secondary N) is 1. The number of carboxylic acid groups (broad SMARTS) is 1. The van der Waals surface area contributed by atoms with Crippen molar-refractivity contribution in [2.45, 2.75) is 65.7 Å². The van der Waals surface area contributed by atoms with Gasteiger partial charge in [0.15, 0.2) is 0 Å². The number of esters is 2. The van der Waals surface area contributed by atoms with Crippen molar-refractivity contribution in [3.63, 3.8) is 0 Å². The highest BCUT2D eigenvalue weighted by Gasteiger charge is 2.64. The summed E-state index contributed by atoms with van der Waals surface area (Å²) in [4.78, 5) is 50.1. The van der Waals surface area contributed by atoms with Crippen LogP contribution in [-0.2, 0) is 35.2 Å². The lowest BCUT2D eigenvalue weighted by Crippen LogP contribution is -2.62. The summed E-state index contributed by atoms with van der Waals surface area (Å²) in [5, 5.41) is 12.9. The molecule has 0 bridgehead atoms. The van der Waals surface area contributed by atoms with Crippen LogP contribution in [0.15, 0.2) is 54.6 Å². The number of carbonyl (C=O) groups is 4. The lowest BCUT2D eigenvalue weighted by atomic mass is 9.51. The van der Waals surface area contributed by atoms with Crippen molar-refractivity contribution < 1.29 is 38.5 Å². The normalized spacial score (nSPS) is 20.5. The van der Waals surface area contributed by atoms with Crippen LogP contribution in [0.1, 0.15) is 58.9 Å². The van der Waals surface area contributed by atoms with Crippen molar-refractivity contribution in [3.05, 3.63) is 60.2 Å². The standard InChI is InChI=1S/C29H35NO8/c1-5-16-29(17-22(24(29)25(32)33)26(34)38-28(3,4)37-23(31)6-2)27(35)30-18-19-12-14-21(15-13-19)36-20-10-8-7-9-11-20/h7-15,22,24H,5-6,16-18H2,1-4H3,(H,30,35)(H,32,33). The fourth-order valence-electron chi connectivity index (χ4n) is 4.88. The predicted octanol–water partition coefficient (Wildman–Crippen LogP) is 4.83. The third-order valence-electron chi connectivity index (χ3n) is 6.65. The zero-order valence-electron chi connectivity index (χ0n) is 22.2. The molecule has 3 atom stereocenters. The number of hydrogen-bond donors (Lipinski definition) is 2. The molecule has 2 aromatic carbocycles. The highest BCUT2D eigenvalue weighted by molar-refractivity contribution is 5.95. The molecule has 38 heavy (non-hydrogen) atoms. The topological polar surface area (TPSA) is 128 Å². The molecule has 9 heteroatoms.